The van der Waals surface area contributed by atoms with Gasteiger partial charge in [-0.2, -0.15) is 0 Å². The average Bonchev–Trinajstić information content (AvgIpc) is 3.00. The second-order valence-corrected chi connectivity index (χ2v) is 7.88. The van der Waals surface area contributed by atoms with Crippen LogP contribution in [0.1, 0.15) is 19.4 Å². The van der Waals surface area contributed by atoms with Crippen molar-refractivity contribution in [2.45, 2.75) is 37.3 Å². The third-order valence-corrected chi connectivity index (χ3v) is 6.08. The number of hydrogen-bond acceptors (Lipinski definition) is 5. The average molecular weight is 315 g/mol. The van der Waals surface area contributed by atoms with Gasteiger partial charge < -0.3 is 0 Å². The number of nitrogens with zero attached hydrogens (tertiary/aromatic N) is 2. The maximum absolute atomic E-state index is 12.9. The summed E-state index contributed by atoms with van der Waals surface area (Å²) in [5, 5.41) is 4.23. The molecule has 6 heteroatoms. The molecule has 0 saturated carbocycles. The lowest BCUT2D eigenvalue weighted by molar-refractivity contribution is -0.141. The summed E-state index contributed by atoms with van der Waals surface area (Å²) in [4.78, 5) is 31.4. The largest absolute Gasteiger partial charge is 0.282 e. The summed E-state index contributed by atoms with van der Waals surface area (Å²) < 4.78 is -0.354. The van der Waals surface area contributed by atoms with Gasteiger partial charge in [0.05, 0.1) is 22.3 Å². The van der Waals surface area contributed by atoms with Crippen LogP contribution in [-0.2, 0) is 16.1 Å². The van der Waals surface area contributed by atoms with E-state index < -0.39 is 6.04 Å². The van der Waals surface area contributed by atoms with Crippen molar-refractivity contribution in [2.24, 2.45) is 10.9 Å². The summed E-state index contributed by atoms with van der Waals surface area (Å²) in [5.74, 6) is -0.531. The minimum Gasteiger partial charge on any atom is -0.282 e. The Bertz CT molecular complexity index is 690. The number of fused-ring (bicyclic) bond motifs is 3. The highest BCUT2D eigenvalue weighted by molar-refractivity contribution is 8.15. The van der Waals surface area contributed by atoms with Gasteiger partial charge >= 0.3 is 0 Å². The predicted molar refractivity (Wildman–Crippen MR) is 85.3 cm³/mol. The molecule has 4 rings (SSSR count). The van der Waals surface area contributed by atoms with Gasteiger partial charge in [0.2, 0.25) is 11.8 Å². The first-order valence-electron chi connectivity index (χ1n) is 7.39. The molecule has 0 aromatic heterocycles. The molecule has 1 unspecified atom stereocenters. The van der Waals surface area contributed by atoms with Crippen molar-refractivity contribution in [1.29, 1.82) is 0 Å². The topological polar surface area (TPSA) is 61.8 Å². The van der Waals surface area contributed by atoms with Crippen molar-refractivity contribution >= 4 is 28.6 Å². The van der Waals surface area contributed by atoms with E-state index in [2.05, 4.69) is 10.3 Å². The van der Waals surface area contributed by atoms with Crippen molar-refractivity contribution in [1.82, 2.24) is 10.2 Å². The minimum atomic E-state index is -0.435. The van der Waals surface area contributed by atoms with Gasteiger partial charge in [0.25, 0.3) is 0 Å². The number of thioether (sulfide) groups is 1. The van der Waals surface area contributed by atoms with Crippen molar-refractivity contribution in [2.75, 3.05) is 0 Å². The summed E-state index contributed by atoms with van der Waals surface area (Å²) in [5.41, 5.74) is 0.970. The molecule has 3 aliphatic heterocycles. The number of aliphatic imine (C=N–C) groups is 1. The van der Waals surface area contributed by atoms with Crippen molar-refractivity contribution in [3.05, 3.63) is 35.9 Å². The minimum absolute atomic E-state index is 0.0752. The van der Waals surface area contributed by atoms with Crippen LogP contribution in [0.5, 0.6) is 0 Å². The van der Waals surface area contributed by atoms with Crippen LogP contribution in [0, 0.1) is 5.92 Å². The Morgan fingerprint density at radius 3 is 2.73 bits per heavy atom. The summed E-state index contributed by atoms with van der Waals surface area (Å²) in [6.45, 7) is 4.34. The molecule has 1 N–H and O–H groups in total. The zero-order chi connectivity index (χ0) is 15.5. The van der Waals surface area contributed by atoms with E-state index in [4.69, 9.17) is 0 Å². The maximum atomic E-state index is 12.9. The molecule has 2 amide bonds. The van der Waals surface area contributed by atoms with Gasteiger partial charge in [-0.05, 0) is 19.4 Å². The van der Waals surface area contributed by atoms with Crippen molar-refractivity contribution in [3.8, 4) is 0 Å². The molecule has 2 saturated heterocycles. The van der Waals surface area contributed by atoms with Gasteiger partial charge in [0.1, 0.15) is 12.2 Å². The molecule has 0 spiro atoms. The fourth-order valence-electron chi connectivity index (χ4n) is 3.71. The van der Waals surface area contributed by atoms with Crippen LogP contribution in [0.25, 0.3) is 0 Å². The number of amides is 2. The van der Waals surface area contributed by atoms with Crippen molar-refractivity contribution < 1.29 is 9.59 Å². The normalized spacial score (nSPS) is 36.5. The lowest BCUT2D eigenvalue weighted by atomic mass is 9.91. The van der Waals surface area contributed by atoms with Crippen LogP contribution in [-0.4, -0.2) is 38.7 Å². The molecular formula is C16H17N3O2S. The Labute approximate surface area is 133 Å². The molecule has 0 bridgehead atoms. The van der Waals surface area contributed by atoms with E-state index >= 15 is 0 Å². The van der Waals surface area contributed by atoms with E-state index in [1.807, 2.05) is 44.2 Å². The molecule has 5 nitrogen and oxygen atoms in total. The van der Waals surface area contributed by atoms with Crippen LogP contribution in [0.15, 0.2) is 35.3 Å². The third-order valence-electron chi connectivity index (χ3n) is 4.76. The number of carbonyl (C=O) groups excluding carboxylic acids is 2. The molecular weight excluding hydrogens is 298 g/mol. The lowest BCUT2D eigenvalue weighted by Crippen LogP contribution is -2.44. The van der Waals surface area contributed by atoms with Gasteiger partial charge in [-0.15, -0.1) is 11.8 Å². The van der Waals surface area contributed by atoms with E-state index in [1.165, 1.54) is 4.90 Å². The van der Waals surface area contributed by atoms with E-state index in [9.17, 15) is 9.59 Å². The number of imide groups is 1. The number of nitrogens with one attached hydrogen (secondary N) is 1. The van der Waals surface area contributed by atoms with Gasteiger partial charge in [-0.25, -0.2) is 0 Å². The number of carbonyl (C=O) groups is 2. The molecule has 2 fully saturated rings. The standard InChI is InChI=1S/C16H17N3O2S/c1-9-17-15-16(2,22-9)11-12(18-15)14(21)19(13(11)20)8-10-6-4-3-5-7-10/h3-7,11-12,15,18H,8H2,1-2H3/t11-,12+,15?,16+/m1/s1. The van der Waals surface area contributed by atoms with Gasteiger partial charge in [0, 0.05) is 0 Å². The molecule has 0 aliphatic carbocycles. The summed E-state index contributed by atoms with van der Waals surface area (Å²) in [6, 6.07) is 9.19. The lowest BCUT2D eigenvalue weighted by Gasteiger charge is -2.27. The van der Waals surface area contributed by atoms with Crippen LogP contribution in [0.3, 0.4) is 0 Å². The number of hydrogen-bond donors (Lipinski definition) is 1. The first-order chi connectivity index (χ1) is 10.5. The van der Waals surface area contributed by atoms with Crippen LogP contribution in [0.4, 0.5) is 0 Å². The Balaban J connectivity index is 1.63. The highest BCUT2D eigenvalue weighted by Gasteiger charge is 2.65. The quantitative estimate of drug-likeness (QED) is 0.838. The molecule has 0 radical (unpaired) electrons. The molecule has 3 heterocycles. The van der Waals surface area contributed by atoms with E-state index in [0.29, 0.717) is 6.54 Å². The zero-order valence-electron chi connectivity index (χ0n) is 12.4. The summed E-state index contributed by atoms with van der Waals surface area (Å²) >= 11 is 1.62. The highest BCUT2D eigenvalue weighted by atomic mass is 32.2. The zero-order valence-corrected chi connectivity index (χ0v) is 13.3. The SMILES string of the molecule is CC1=NC2N[C@@H]3C(=O)N(Cc4ccccc4)C(=O)[C@@H]3[C@]2(C)S1. The Kier molecular flexibility index (Phi) is 2.96. The van der Waals surface area contributed by atoms with Gasteiger partial charge in [-0.1, -0.05) is 30.3 Å². The molecule has 3 aliphatic rings. The molecule has 1 aromatic rings. The fraction of sp³-hybridized carbons (Fsp3) is 0.438. The van der Waals surface area contributed by atoms with Crippen LogP contribution < -0.4 is 5.32 Å². The smallest absolute Gasteiger partial charge is 0.247 e. The molecule has 4 atom stereocenters. The van der Waals surface area contributed by atoms with Crippen LogP contribution >= 0.6 is 11.8 Å². The fourth-order valence-corrected chi connectivity index (χ4v) is 5.10. The number of benzene rings is 1. The van der Waals surface area contributed by atoms with E-state index in [-0.39, 0.29) is 28.6 Å². The second kappa shape index (κ2) is 4.67. The third kappa shape index (κ3) is 1.80. The Morgan fingerprint density at radius 1 is 1.27 bits per heavy atom. The molecule has 22 heavy (non-hydrogen) atoms. The number of rotatable bonds is 2. The summed E-state index contributed by atoms with van der Waals surface area (Å²) in [6.07, 6.45) is -0.140. The first kappa shape index (κ1) is 14.0. The monoisotopic (exact) mass is 315 g/mol. The Morgan fingerprint density at radius 2 is 2.00 bits per heavy atom. The van der Waals surface area contributed by atoms with E-state index in [1.54, 1.807) is 11.8 Å². The van der Waals surface area contributed by atoms with Crippen LogP contribution in [0.2, 0.25) is 0 Å². The number of likely N-dealkylation sites (tertiary alicyclic amines) is 1. The van der Waals surface area contributed by atoms with Crippen molar-refractivity contribution in [3.63, 3.8) is 0 Å². The molecule has 1 aromatic carbocycles. The second-order valence-electron chi connectivity index (χ2n) is 6.21. The van der Waals surface area contributed by atoms with E-state index in [0.717, 1.165) is 10.6 Å². The van der Waals surface area contributed by atoms with Gasteiger partial charge in [0.15, 0.2) is 0 Å². The summed E-state index contributed by atoms with van der Waals surface area (Å²) in [7, 11) is 0. The Hall–Kier alpha value is -1.66. The molecule has 114 valence electrons. The van der Waals surface area contributed by atoms with Gasteiger partial charge in [-0.3, -0.25) is 24.8 Å². The maximum Gasteiger partial charge on any atom is 0.247 e. The predicted octanol–water partition coefficient (Wildman–Crippen LogP) is 1.39. The first-order valence-corrected chi connectivity index (χ1v) is 8.21. The highest BCUT2D eigenvalue weighted by Crippen LogP contribution is 2.51.